The quantitative estimate of drug-likeness (QED) is 0.531. The van der Waals surface area contributed by atoms with Crippen LogP contribution in [0.1, 0.15) is 11.6 Å². The fourth-order valence-corrected chi connectivity index (χ4v) is 0.861. The first-order chi connectivity index (χ1) is 5.65. The Labute approximate surface area is 69.5 Å². The number of nitriles is 1. The molecule has 0 fully saturated rings. The molecular formula is C8H8N2O2. The summed E-state index contributed by atoms with van der Waals surface area (Å²) in [7, 11) is 0. The Balaban J connectivity index is 3.15. The number of nitrogens with zero attached hydrogens (tertiary/aromatic N) is 1. The van der Waals surface area contributed by atoms with E-state index in [1.807, 2.05) is 0 Å². The molecule has 1 aromatic carbocycles. The molecule has 4 heteroatoms. The van der Waals surface area contributed by atoms with Crippen LogP contribution in [0.5, 0.6) is 11.5 Å². The van der Waals surface area contributed by atoms with Crippen LogP contribution in [0, 0.1) is 11.3 Å². The number of aromatic hydroxyl groups is 2. The number of benzene rings is 1. The fraction of sp³-hybridized carbons (Fsp3) is 0.125. The average molecular weight is 164 g/mol. The van der Waals surface area contributed by atoms with Gasteiger partial charge in [-0.2, -0.15) is 5.26 Å². The van der Waals surface area contributed by atoms with Gasteiger partial charge in [0.15, 0.2) is 0 Å². The van der Waals surface area contributed by atoms with E-state index in [1.165, 1.54) is 18.2 Å². The summed E-state index contributed by atoms with van der Waals surface area (Å²) >= 11 is 0. The average Bonchev–Trinajstić information content (AvgIpc) is 2.08. The highest BCUT2D eigenvalue weighted by atomic mass is 16.3. The monoisotopic (exact) mass is 164 g/mol. The van der Waals surface area contributed by atoms with Crippen LogP contribution in [-0.2, 0) is 0 Å². The van der Waals surface area contributed by atoms with Crippen molar-refractivity contribution < 1.29 is 10.2 Å². The molecule has 1 aromatic rings. The van der Waals surface area contributed by atoms with E-state index in [0.29, 0.717) is 0 Å². The Kier molecular flexibility index (Phi) is 2.17. The molecule has 62 valence electrons. The molecule has 12 heavy (non-hydrogen) atoms. The Hall–Kier alpha value is -1.73. The third-order valence-electron chi connectivity index (χ3n) is 1.49. The van der Waals surface area contributed by atoms with E-state index >= 15 is 0 Å². The van der Waals surface area contributed by atoms with Crippen LogP contribution in [0.25, 0.3) is 0 Å². The maximum atomic E-state index is 9.19. The second kappa shape index (κ2) is 3.11. The Morgan fingerprint density at radius 1 is 1.42 bits per heavy atom. The third-order valence-corrected chi connectivity index (χ3v) is 1.49. The van der Waals surface area contributed by atoms with Gasteiger partial charge in [0.1, 0.15) is 17.5 Å². The van der Waals surface area contributed by atoms with Crippen LogP contribution in [0.4, 0.5) is 0 Å². The Morgan fingerprint density at radius 3 is 2.67 bits per heavy atom. The minimum Gasteiger partial charge on any atom is -0.508 e. The van der Waals surface area contributed by atoms with Gasteiger partial charge in [0, 0.05) is 5.56 Å². The second-order valence-electron chi connectivity index (χ2n) is 2.35. The Morgan fingerprint density at radius 2 is 2.08 bits per heavy atom. The summed E-state index contributed by atoms with van der Waals surface area (Å²) in [5, 5.41) is 26.6. The van der Waals surface area contributed by atoms with Crippen LogP contribution in [-0.4, -0.2) is 10.2 Å². The van der Waals surface area contributed by atoms with Crippen molar-refractivity contribution in [1.82, 2.24) is 0 Å². The van der Waals surface area contributed by atoms with E-state index in [-0.39, 0.29) is 17.1 Å². The molecule has 0 spiro atoms. The number of phenols is 2. The smallest absolute Gasteiger partial charge is 0.122 e. The van der Waals surface area contributed by atoms with E-state index in [2.05, 4.69) is 0 Å². The van der Waals surface area contributed by atoms with Crippen molar-refractivity contribution in [3.63, 3.8) is 0 Å². The molecule has 0 aliphatic carbocycles. The van der Waals surface area contributed by atoms with Gasteiger partial charge in [-0.05, 0) is 18.2 Å². The molecule has 4 N–H and O–H groups in total. The number of nitrogens with two attached hydrogens (primary N) is 1. The van der Waals surface area contributed by atoms with Crippen LogP contribution < -0.4 is 5.73 Å². The number of rotatable bonds is 1. The Bertz CT molecular complexity index is 330. The number of hydrogen-bond acceptors (Lipinski definition) is 4. The predicted octanol–water partition coefficient (Wildman–Crippen LogP) is 0.621. The molecule has 0 unspecified atom stereocenters. The van der Waals surface area contributed by atoms with Gasteiger partial charge >= 0.3 is 0 Å². The van der Waals surface area contributed by atoms with Crippen molar-refractivity contribution in [2.75, 3.05) is 0 Å². The molecule has 0 saturated heterocycles. The predicted molar refractivity (Wildman–Crippen MR) is 42.3 cm³/mol. The lowest BCUT2D eigenvalue weighted by atomic mass is 10.1. The van der Waals surface area contributed by atoms with Crippen molar-refractivity contribution in [1.29, 1.82) is 5.26 Å². The topological polar surface area (TPSA) is 90.3 Å². The lowest BCUT2D eigenvalue weighted by Gasteiger charge is -2.05. The van der Waals surface area contributed by atoms with Gasteiger partial charge in [-0.1, -0.05) is 0 Å². The first-order valence-electron chi connectivity index (χ1n) is 3.32. The molecule has 1 atom stereocenters. The second-order valence-corrected chi connectivity index (χ2v) is 2.35. The zero-order chi connectivity index (χ0) is 9.14. The lowest BCUT2D eigenvalue weighted by Crippen LogP contribution is -2.06. The maximum Gasteiger partial charge on any atom is 0.122 e. The minimum atomic E-state index is -0.905. The summed E-state index contributed by atoms with van der Waals surface area (Å²) in [4.78, 5) is 0. The molecular weight excluding hydrogens is 156 g/mol. The molecule has 1 rings (SSSR count). The van der Waals surface area contributed by atoms with Crippen LogP contribution in [0.15, 0.2) is 18.2 Å². The molecule has 0 aliphatic heterocycles. The van der Waals surface area contributed by atoms with E-state index in [1.54, 1.807) is 6.07 Å². The van der Waals surface area contributed by atoms with Crippen molar-refractivity contribution in [2.45, 2.75) is 6.04 Å². The van der Waals surface area contributed by atoms with Crippen molar-refractivity contribution in [3.8, 4) is 17.6 Å². The van der Waals surface area contributed by atoms with Crippen molar-refractivity contribution >= 4 is 0 Å². The highest BCUT2D eigenvalue weighted by Gasteiger charge is 2.09. The standard InChI is InChI=1S/C8H8N2O2/c9-4-7(10)6-3-5(11)1-2-8(6)12/h1-3,7,11-12H,10H2/t7-/m1/s1. The molecule has 4 nitrogen and oxygen atoms in total. The van der Waals surface area contributed by atoms with Crippen LogP contribution >= 0.6 is 0 Å². The summed E-state index contributed by atoms with van der Waals surface area (Å²) < 4.78 is 0. The van der Waals surface area contributed by atoms with Gasteiger partial charge in [-0.3, -0.25) is 0 Å². The fourth-order valence-electron chi connectivity index (χ4n) is 0.861. The SMILES string of the molecule is N#C[C@@H](N)c1cc(O)ccc1O. The molecule has 0 amide bonds. The van der Waals surface area contributed by atoms with Gasteiger partial charge in [0.05, 0.1) is 6.07 Å². The molecule has 0 saturated carbocycles. The summed E-state index contributed by atoms with van der Waals surface area (Å²) in [5.74, 6) is -0.102. The first-order valence-corrected chi connectivity index (χ1v) is 3.32. The molecule has 0 radical (unpaired) electrons. The van der Waals surface area contributed by atoms with Crippen LogP contribution in [0.3, 0.4) is 0 Å². The van der Waals surface area contributed by atoms with Gasteiger partial charge in [-0.25, -0.2) is 0 Å². The summed E-state index contributed by atoms with van der Waals surface area (Å²) in [6.45, 7) is 0. The van der Waals surface area contributed by atoms with E-state index in [9.17, 15) is 5.11 Å². The molecule has 0 bridgehead atoms. The third kappa shape index (κ3) is 1.47. The zero-order valence-corrected chi connectivity index (χ0v) is 6.23. The highest BCUT2D eigenvalue weighted by molar-refractivity contribution is 5.42. The molecule has 0 aliphatic rings. The van der Waals surface area contributed by atoms with Crippen molar-refractivity contribution in [3.05, 3.63) is 23.8 Å². The van der Waals surface area contributed by atoms with Gasteiger partial charge < -0.3 is 15.9 Å². The van der Waals surface area contributed by atoms with Gasteiger partial charge in [-0.15, -0.1) is 0 Å². The summed E-state index contributed by atoms with van der Waals surface area (Å²) in [6, 6.07) is 4.73. The van der Waals surface area contributed by atoms with Gasteiger partial charge in [0.25, 0.3) is 0 Å². The summed E-state index contributed by atoms with van der Waals surface area (Å²) in [6.07, 6.45) is 0. The lowest BCUT2D eigenvalue weighted by molar-refractivity contribution is 0.452. The number of phenolic OH excluding ortho intramolecular Hbond substituents is 2. The molecule has 0 heterocycles. The van der Waals surface area contributed by atoms with E-state index in [0.717, 1.165) is 0 Å². The normalized spacial score (nSPS) is 12.0. The summed E-state index contributed by atoms with van der Waals surface area (Å²) in [5.41, 5.74) is 5.57. The van der Waals surface area contributed by atoms with Gasteiger partial charge in [0.2, 0.25) is 0 Å². The first kappa shape index (κ1) is 8.37. The highest BCUT2D eigenvalue weighted by Crippen LogP contribution is 2.25. The number of hydrogen-bond donors (Lipinski definition) is 3. The minimum absolute atomic E-state index is 0.0199. The molecule has 0 aromatic heterocycles. The van der Waals surface area contributed by atoms with E-state index < -0.39 is 6.04 Å². The van der Waals surface area contributed by atoms with E-state index in [4.69, 9.17) is 16.1 Å². The van der Waals surface area contributed by atoms with Crippen LogP contribution in [0.2, 0.25) is 0 Å². The maximum absolute atomic E-state index is 9.19. The zero-order valence-electron chi connectivity index (χ0n) is 6.23. The van der Waals surface area contributed by atoms with Crippen molar-refractivity contribution in [2.24, 2.45) is 5.73 Å². The largest absolute Gasteiger partial charge is 0.508 e.